The Kier molecular flexibility index (Phi) is 6.33. The summed E-state index contributed by atoms with van der Waals surface area (Å²) in [6.45, 7) is 12.3. The number of benzene rings is 1. The first-order valence-corrected chi connectivity index (χ1v) is 8.32. The van der Waals surface area contributed by atoms with Crippen molar-refractivity contribution < 1.29 is 4.74 Å². The maximum Gasteiger partial charge on any atom is 0.123 e. The Morgan fingerprint density at radius 3 is 2.55 bits per heavy atom. The summed E-state index contributed by atoms with van der Waals surface area (Å²) < 4.78 is 6.96. The molecule has 0 saturated carbocycles. The molecule has 0 aromatic heterocycles. The molecule has 0 radical (unpaired) electrons. The van der Waals surface area contributed by atoms with Gasteiger partial charge >= 0.3 is 0 Å². The monoisotopic (exact) mass is 340 g/mol. The second kappa shape index (κ2) is 8.01. The van der Waals surface area contributed by atoms with E-state index < -0.39 is 0 Å². The number of hydrogen-bond donors (Lipinski definition) is 0. The summed E-state index contributed by atoms with van der Waals surface area (Å²) in [5.41, 5.74) is 1.20. The number of ether oxygens (including phenoxy) is 1. The van der Waals surface area contributed by atoms with Gasteiger partial charge in [0.2, 0.25) is 0 Å². The molecule has 0 unspecified atom stereocenters. The maximum absolute atomic E-state index is 5.88. The first-order chi connectivity index (χ1) is 9.69. The number of aryl methyl sites for hydroxylation is 1. The fourth-order valence-electron chi connectivity index (χ4n) is 2.53. The average molecular weight is 341 g/mol. The van der Waals surface area contributed by atoms with Crippen molar-refractivity contribution in [3.63, 3.8) is 0 Å². The van der Waals surface area contributed by atoms with Crippen molar-refractivity contribution in [2.24, 2.45) is 0 Å². The van der Waals surface area contributed by atoms with E-state index in [9.17, 15) is 0 Å². The summed E-state index contributed by atoms with van der Waals surface area (Å²) in [4.78, 5) is 5.06. The Hall–Kier alpha value is -0.580. The minimum atomic E-state index is 0.797. The molecule has 0 spiro atoms. The van der Waals surface area contributed by atoms with Gasteiger partial charge in [-0.1, -0.05) is 28.9 Å². The van der Waals surface area contributed by atoms with E-state index >= 15 is 0 Å². The summed E-state index contributed by atoms with van der Waals surface area (Å²) in [6.07, 6.45) is 1.10. The van der Waals surface area contributed by atoms with Crippen molar-refractivity contribution in [1.29, 1.82) is 0 Å². The summed E-state index contributed by atoms with van der Waals surface area (Å²) in [7, 11) is 0. The van der Waals surface area contributed by atoms with Crippen LogP contribution in [-0.2, 0) is 0 Å². The van der Waals surface area contributed by atoms with Crippen LogP contribution in [0.25, 0.3) is 0 Å². The van der Waals surface area contributed by atoms with Crippen LogP contribution in [0.1, 0.15) is 18.9 Å². The predicted octanol–water partition coefficient (Wildman–Crippen LogP) is 3.16. The second-order valence-electron chi connectivity index (χ2n) is 5.39. The van der Waals surface area contributed by atoms with Gasteiger partial charge in [0, 0.05) is 37.2 Å². The molecule has 1 aromatic carbocycles. The summed E-state index contributed by atoms with van der Waals surface area (Å²) in [6, 6.07) is 6.19. The van der Waals surface area contributed by atoms with E-state index in [4.69, 9.17) is 4.74 Å². The molecular weight excluding hydrogens is 316 g/mol. The van der Waals surface area contributed by atoms with Gasteiger partial charge in [0.25, 0.3) is 0 Å². The third-order valence-corrected chi connectivity index (χ3v) is 4.43. The van der Waals surface area contributed by atoms with Crippen LogP contribution in [0.5, 0.6) is 5.75 Å². The SMILES string of the molecule is CCN1CCN(CCCOc2cc(Br)ccc2C)CC1. The highest BCUT2D eigenvalue weighted by atomic mass is 79.9. The minimum absolute atomic E-state index is 0.797. The lowest BCUT2D eigenvalue weighted by Gasteiger charge is -2.33. The van der Waals surface area contributed by atoms with Crippen molar-refractivity contribution in [1.82, 2.24) is 9.80 Å². The van der Waals surface area contributed by atoms with Gasteiger partial charge in [-0.25, -0.2) is 0 Å². The van der Waals surface area contributed by atoms with Crippen LogP contribution in [0.3, 0.4) is 0 Å². The van der Waals surface area contributed by atoms with E-state index in [0.717, 1.165) is 29.8 Å². The Morgan fingerprint density at radius 1 is 1.15 bits per heavy atom. The lowest BCUT2D eigenvalue weighted by molar-refractivity contribution is 0.130. The van der Waals surface area contributed by atoms with Gasteiger partial charge in [-0.3, -0.25) is 0 Å². The first kappa shape index (κ1) is 15.8. The highest BCUT2D eigenvalue weighted by Crippen LogP contribution is 2.22. The van der Waals surface area contributed by atoms with E-state index in [1.54, 1.807) is 0 Å². The highest BCUT2D eigenvalue weighted by Gasteiger charge is 2.14. The van der Waals surface area contributed by atoms with Gasteiger partial charge in [-0.15, -0.1) is 0 Å². The van der Waals surface area contributed by atoms with Crippen LogP contribution >= 0.6 is 15.9 Å². The second-order valence-corrected chi connectivity index (χ2v) is 6.30. The molecule has 0 amide bonds. The van der Waals surface area contributed by atoms with Gasteiger partial charge in [0.15, 0.2) is 0 Å². The Labute approximate surface area is 131 Å². The van der Waals surface area contributed by atoms with Gasteiger partial charge < -0.3 is 14.5 Å². The number of halogens is 1. The molecule has 1 aromatic rings. The van der Waals surface area contributed by atoms with E-state index in [-0.39, 0.29) is 0 Å². The van der Waals surface area contributed by atoms with Crippen molar-refractivity contribution >= 4 is 15.9 Å². The Morgan fingerprint density at radius 2 is 1.85 bits per heavy atom. The largest absolute Gasteiger partial charge is 0.493 e. The van der Waals surface area contributed by atoms with E-state index in [2.05, 4.69) is 57.8 Å². The van der Waals surface area contributed by atoms with Crippen molar-refractivity contribution in [2.75, 3.05) is 45.9 Å². The normalized spacial score (nSPS) is 17.4. The first-order valence-electron chi connectivity index (χ1n) is 7.52. The summed E-state index contributed by atoms with van der Waals surface area (Å²) >= 11 is 3.49. The van der Waals surface area contributed by atoms with Crippen LogP contribution in [0, 0.1) is 6.92 Å². The fraction of sp³-hybridized carbons (Fsp3) is 0.625. The topological polar surface area (TPSA) is 15.7 Å². The number of nitrogens with zero attached hydrogens (tertiary/aromatic N) is 2. The van der Waals surface area contributed by atoms with Gasteiger partial charge in [0.1, 0.15) is 5.75 Å². The average Bonchev–Trinajstić information content (AvgIpc) is 2.47. The molecule has 0 aliphatic carbocycles. The van der Waals surface area contributed by atoms with Crippen molar-refractivity contribution in [2.45, 2.75) is 20.3 Å². The van der Waals surface area contributed by atoms with E-state index in [1.165, 1.54) is 38.3 Å². The molecule has 112 valence electrons. The van der Waals surface area contributed by atoms with Crippen LogP contribution in [0.4, 0.5) is 0 Å². The molecule has 20 heavy (non-hydrogen) atoms. The van der Waals surface area contributed by atoms with Crippen molar-refractivity contribution in [3.8, 4) is 5.75 Å². The van der Waals surface area contributed by atoms with Crippen LogP contribution in [0.2, 0.25) is 0 Å². The smallest absolute Gasteiger partial charge is 0.123 e. The molecule has 1 heterocycles. The zero-order valence-corrected chi connectivity index (χ0v) is 14.2. The number of rotatable bonds is 6. The van der Waals surface area contributed by atoms with Crippen LogP contribution in [0.15, 0.2) is 22.7 Å². The standard InChI is InChI=1S/C16H25BrN2O/c1-3-18-8-10-19(11-9-18)7-4-12-20-16-13-15(17)6-5-14(16)2/h5-6,13H,3-4,7-12H2,1-2H3. The zero-order valence-electron chi connectivity index (χ0n) is 12.6. The summed E-state index contributed by atoms with van der Waals surface area (Å²) in [5, 5.41) is 0. The Bertz CT molecular complexity index is 417. The molecule has 0 N–H and O–H groups in total. The number of piperazine rings is 1. The molecule has 2 rings (SSSR count). The molecule has 0 atom stereocenters. The quantitative estimate of drug-likeness (QED) is 0.740. The highest BCUT2D eigenvalue weighted by molar-refractivity contribution is 9.10. The number of likely N-dealkylation sites (N-methyl/N-ethyl adjacent to an activating group) is 1. The molecule has 1 aliphatic rings. The third-order valence-electron chi connectivity index (χ3n) is 3.94. The molecule has 1 aliphatic heterocycles. The van der Waals surface area contributed by atoms with Crippen molar-refractivity contribution in [3.05, 3.63) is 28.2 Å². The zero-order chi connectivity index (χ0) is 14.4. The lowest BCUT2D eigenvalue weighted by atomic mass is 10.2. The van der Waals surface area contributed by atoms with E-state index in [1.807, 2.05) is 0 Å². The summed E-state index contributed by atoms with van der Waals surface area (Å²) in [5.74, 6) is 0.996. The minimum Gasteiger partial charge on any atom is -0.493 e. The predicted molar refractivity (Wildman–Crippen MR) is 87.5 cm³/mol. The lowest BCUT2D eigenvalue weighted by Crippen LogP contribution is -2.46. The maximum atomic E-state index is 5.88. The molecule has 4 heteroatoms. The van der Waals surface area contributed by atoms with Gasteiger partial charge in [-0.2, -0.15) is 0 Å². The molecule has 3 nitrogen and oxygen atoms in total. The fourth-order valence-corrected chi connectivity index (χ4v) is 2.87. The van der Waals surface area contributed by atoms with Gasteiger partial charge in [-0.05, 0) is 37.6 Å². The molecule has 0 bridgehead atoms. The van der Waals surface area contributed by atoms with Crippen LogP contribution in [-0.4, -0.2) is 55.7 Å². The van der Waals surface area contributed by atoms with Gasteiger partial charge in [0.05, 0.1) is 6.61 Å². The Balaban J connectivity index is 1.65. The molecule has 1 saturated heterocycles. The third kappa shape index (κ3) is 4.76. The molecular formula is C16H25BrN2O. The number of hydrogen-bond acceptors (Lipinski definition) is 3. The van der Waals surface area contributed by atoms with E-state index in [0.29, 0.717) is 0 Å². The molecule has 1 fully saturated rings. The van der Waals surface area contributed by atoms with Crippen LogP contribution < -0.4 is 4.74 Å².